The number of hydrogen-bond acceptors (Lipinski definition) is 4. The molecule has 8 heteroatoms. The number of amides is 1. The quantitative estimate of drug-likeness (QED) is 0.305. The van der Waals surface area contributed by atoms with E-state index < -0.39 is 11.9 Å². The molecule has 1 unspecified atom stereocenters. The van der Waals surface area contributed by atoms with Crippen LogP contribution >= 0.6 is 0 Å². The van der Waals surface area contributed by atoms with Gasteiger partial charge in [0.1, 0.15) is 0 Å². The molecule has 7 nitrogen and oxygen atoms in total. The van der Waals surface area contributed by atoms with Gasteiger partial charge in [0, 0.05) is 25.4 Å². The lowest BCUT2D eigenvalue weighted by molar-refractivity contribution is 0.0696. The Kier molecular flexibility index (Phi) is 7.11. The number of carbonyl (C=O) groups excluding carboxylic acids is 1. The number of carboxylic acid groups (broad SMARTS) is 1. The Hall–Kier alpha value is -4.59. The van der Waals surface area contributed by atoms with Crippen LogP contribution in [0.5, 0.6) is 0 Å². The number of rotatable bonds is 6. The minimum Gasteiger partial charge on any atom is -0.478 e. The number of hydrogen-bond donors (Lipinski definition) is 2. The molecule has 2 aromatic carbocycles. The van der Waals surface area contributed by atoms with Gasteiger partial charge < -0.3 is 10.4 Å². The highest BCUT2D eigenvalue weighted by Crippen LogP contribution is 2.40. The molecule has 0 radical (unpaired) electrons. The number of benzene rings is 2. The second kappa shape index (κ2) is 10.6. The number of allylic oxidation sites excluding steroid dienone is 1. The first-order valence-electron chi connectivity index (χ1n) is 12.8. The van der Waals surface area contributed by atoms with E-state index in [4.69, 9.17) is 5.11 Å². The van der Waals surface area contributed by atoms with Gasteiger partial charge in [-0.1, -0.05) is 44.2 Å². The van der Waals surface area contributed by atoms with E-state index in [1.165, 1.54) is 23.8 Å². The van der Waals surface area contributed by atoms with Crippen molar-refractivity contribution in [2.45, 2.75) is 32.7 Å². The molecular formula is C31H29FN4O3. The lowest BCUT2D eigenvalue weighted by Gasteiger charge is -2.20. The first-order valence-corrected chi connectivity index (χ1v) is 12.8. The average Bonchev–Trinajstić information content (AvgIpc) is 3.27. The number of fused-ring (bicyclic) bond motifs is 1. The maximum absolute atomic E-state index is 13.4. The maximum Gasteiger partial charge on any atom is 0.335 e. The summed E-state index contributed by atoms with van der Waals surface area (Å²) in [6.45, 7) is 4.71. The number of halogens is 1. The molecule has 2 heterocycles. The molecule has 1 amide bonds. The predicted octanol–water partition coefficient (Wildman–Crippen LogP) is 5.93. The van der Waals surface area contributed by atoms with E-state index in [9.17, 15) is 14.0 Å². The lowest BCUT2D eigenvalue weighted by Crippen LogP contribution is -2.23. The summed E-state index contributed by atoms with van der Waals surface area (Å²) < 4.78 is 15.1. The molecule has 0 saturated heterocycles. The van der Waals surface area contributed by atoms with Crippen LogP contribution in [0.2, 0.25) is 0 Å². The van der Waals surface area contributed by atoms with E-state index in [1.807, 2.05) is 0 Å². The van der Waals surface area contributed by atoms with Gasteiger partial charge in [-0.15, -0.1) is 0 Å². The first kappa shape index (κ1) is 26.0. The van der Waals surface area contributed by atoms with Crippen molar-refractivity contribution in [2.24, 2.45) is 13.0 Å². The first-order chi connectivity index (χ1) is 18.7. The smallest absolute Gasteiger partial charge is 0.335 e. The Morgan fingerprint density at radius 1 is 1.05 bits per heavy atom. The van der Waals surface area contributed by atoms with Crippen LogP contribution in [0.3, 0.4) is 0 Å². The minimum atomic E-state index is -0.993. The van der Waals surface area contributed by atoms with Crippen molar-refractivity contribution >= 4 is 23.5 Å². The summed E-state index contributed by atoms with van der Waals surface area (Å²) in [6, 6.07) is 17.6. The number of aromatic nitrogens is 3. The standard InChI is InChI=1S/C31H29FN4O3/c1-18-12-24(23-9-11-29(32)33-17-23)14-25-13-22(8-10-26(25)19(18)2)28-15-27(35-36(28)3)30(37)34-16-20-4-6-21(7-5-20)31(38)39/h4-11,13-15,17-19H,12,16H2,1-3H3,(H,34,37)(H,38,39)/t18?,19-/m0/s1. The van der Waals surface area contributed by atoms with Crippen LogP contribution in [0.25, 0.3) is 22.9 Å². The van der Waals surface area contributed by atoms with Crippen LogP contribution < -0.4 is 5.32 Å². The molecule has 0 spiro atoms. The Morgan fingerprint density at radius 3 is 2.49 bits per heavy atom. The fraction of sp³-hybridized carbons (Fsp3) is 0.226. The normalized spacial score (nSPS) is 16.7. The molecule has 2 atom stereocenters. The van der Waals surface area contributed by atoms with E-state index in [0.717, 1.165) is 39.9 Å². The third-order valence-corrected chi connectivity index (χ3v) is 7.46. The largest absolute Gasteiger partial charge is 0.478 e. The van der Waals surface area contributed by atoms with Gasteiger partial charge in [-0.2, -0.15) is 9.49 Å². The van der Waals surface area contributed by atoms with Crippen LogP contribution in [-0.2, 0) is 13.6 Å². The van der Waals surface area contributed by atoms with Crippen molar-refractivity contribution in [1.29, 1.82) is 0 Å². The van der Waals surface area contributed by atoms with Crippen LogP contribution in [0.15, 0.2) is 66.9 Å². The maximum atomic E-state index is 13.4. The molecule has 0 fully saturated rings. The predicted molar refractivity (Wildman–Crippen MR) is 147 cm³/mol. The van der Waals surface area contributed by atoms with Crippen molar-refractivity contribution < 1.29 is 19.1 Å². The van der Waals surface area contributed by atoms with Crippen LogP contribution in [-0.4, -0.2) is 31.7 Å². The van der Waals surface area contributed by atoms with Crippen LogP contribution in [0.1, 0.15) is 69.3 Å². The summed E-state index contributed by atoms with van der Waals surface area (Å²) in [4.78, 5) is 27.7. The summed E-state index contributed by atoms with van der Waals surface area (Å²) in [5.74, 6) is -1.09. The van der Waals surface area contributed by atoms with Crippen molar-refractivity contribution in [3.05, 3.63) is 106 Å². The van der Waals surface area contributed by atoms with Gasteiger partial charge in [0.2, 0.25) is 5.95 Å². The van der Waals surface area contributed by atoms with Crippen molar-refractivity contribution in [3.8, 4) is 11.3 Å². The Balaban J connectivity index is 1.40. The SMILES string of the molecule is CC1CC(c2ccc(F)nc2)=Cc2cc(-c3cc(C(=O)NCc4ccc(C(=O)O)cc4)nn3C)ccc2[C@H]1C. The topological polar surface area (TPSA) is 97.1 Å². The van der Waals surface area contributed by atoms with E-state index in [1.54, 1.807) is 42.2 Å². The Morgan fingerprint density at radius 2 is 1.79 bits per heavy atom. The minimum absolute atomic E-state index is 0.195. The zero-order valence-corrected chi connectivity index (χ0v) is 22.0. The van der Waals surface area contributed by atoms with Crippen molar-refractivity contribution in [2.75, 3.05) is 0 Å². The van der Waals surface area contributed by atoms with Gasteiger partial charge in [-0.25, -0.2) is 9.78 Å². The third-order valence-electron chi connectivity index (χ3n) is 7.46. The number of aromatic carboxylic acids is 1. The molecule has 1 aliphatic carbocycles. The number of pyridine rings is 1. The average molecular weight is 525 g/mol. The molecule has 0 bridgehead atoms. The van der Waals surface area contributed by atoms with E-state index in [-0.39, 0.29) is 18.0 Å². The molecule has 2 aromatic heterocycles. The van der Waals surface area contributed by atoms with Crippen LogP contribution in [0.4, 0.5) is 4.39 Å². The molecule has 0 saturated carbocycles. The molecule has 39 heavy (non-hydrogen) atoms. The Bertz CT molecular complexity index is 1570. The van der Waals surface area contributed by atoms with Gasteiger partial charge in [0.25, 0.3) is 5.91 Å². The summed E-state index contributed by atoms with van der Waals surface area (Å²) >= 11 is 0. The molecule has 198 valence electrons. The number of nitrogens with one attached hydrogen (secondary N) is 1. The molecule has 1 aliphatic rings. The second-order valence-corrected chi connectivity index (χ2v) is 10.1. The number of aryl methyl sites for hydroxylation is 1. The molecule has 2 N–H and O–H groups in total. The summed E-state index contributed by atoms with van der Waals surface area (Å²) in [6.07, 6.45) is 4.60. The highest BCUT2D eigenvalue weighted by Gasteiger charge is 2.24. The van der Waals surface area contributed by atoms with E-state index >= 15 is 0 Å². The highest BCUT2D eigenvalue weighted by atomic mass is 19.1. The van der Waals surface area contributed by atoms with Gasteiger partial charge in [0.05, 0.1) is 11.3 Å². The second-order valence-electron chi connectivity index (χ2n) is 10.1. The van der Waals surface area contributed by atoms with Gasteiger partial charge >= 0.3 is 5.97 Å². The fourth-order valence-corrected chi connectivity index (χ4v) is 5.00. The van der Waals surface area contributed by atoms with Gasteiger partial charge in [-0.05, 0) is 82.5 Å². The van der Waals surface area contributed by atoms with E-state index in [2.05, 4.69) is 53.5 Å². The molecule has 0 aliphatic heterocycles. The van der Waals surface area contributed by atoms with Crippen molar-refractivity contribution in [1.82, 2.24) is 20.1 Å². The monoisotopic (exact) mass is 524 g/mol. The summed E-state index contributed by atoms with van der Waals surface area (Å²) in [7, 11) is 1.80. The number of carbonyl (C=O) groups is 2. The molecular weight excluding hydrogens is 495 g/mol. The Labute approximate surface area is 226 Å². The van der Waals surface area contributed by atoms with Gasteiger partial charge in [-0.3, -0.25) is 9.48 Å². The number of nitrogens with zero attached hydrogens (tertiary/aromatic N) is 3. The summed E-state index contributed by atoms with van der Waals surface area (Å²) in [5.41, 5.74) is 7.35. The zero-order valence-electron chi connectivity index (χ0n) is 22.0. The summed E-state index contributed by atoms with van der Waals surface area (Å²) in [5, 5.41) is 16.3. The lowest BCUT2D eigenvalue weighted by atomic mass is 9.85. The zero-order chi connectivity index (χ0) is 27.7. The highest BCUT2D eigenvalue weighted by molar-refractivity contribution is 5.93. The van der Waals surface area contributed by atoms with Crippen molar-refractivity contribution in [3.63, 3.8) is 0 Å². The van der Waals surface area contributed by atoms with Crippen LogP contribution in [0, 0.1) is 11.9 Å². The molecule has 4 aromatic rings. The van der Waals surface area contributed by atoms with E-state index in [0.29, 0.717) is 17.5 Å². The molecule has 5 rings (SSSR count). The van der Waals surface area contributed by atoms with Gasteiger partial charge in [0.15, 0.2) is 5.69 Å². The fourth-order valence-electron chi connectivity index (χ4n) is 5.00. The number of carboxylic acids is 1. The third kappa shape index (κ3) is 5.50.